The van der Waals surface area contributed by atoms with E-state index in [0.29, 0.717) is 6.04 Å². The van der Waals surface area contributed by atoms with Crippen molar-refractivity contribution in [2.45, 2.75) is 38.6 Å². The molecule has 3 heteroatoms. The highest BCUT2D eigenvalue weighted by Gasteiger charge is 2.19. The molecule has 1 rings (SSSR count). The second-order valence-electron chi connectivity index (χ2n) is 3.73. The Labute approximate surface area is 80.6 Å². The van der Waals surface area contributed by atoms with E-state index in [1.165, 1.54) is 12.8 Å². The van der Waals surface area contributed by atoms with E-state index < -0.39 is 0 Å². The van der Waals surface area contributed by atoms with E-state index in [2.05, 4.69) is 11.8 Å². The zero-order valence-corrected chi connectivity index (χ0v) is 8.68. The van der Waals surface area contributed by atoms with Crippen molar-refractivity contribution in [1.82, 2.24) is 4.90 Å². The lowest BCUT2D eigenvalue weighted by Gasteiger charge is -2.34. The molecular formula is C10H20N2O. The average Bonchev–Trinajstić information content (AvgIpc) is 2.15. The van der Waals surface area contributed by atoms with Gasteiger partial charge in [0, 0.05) is 32.7 Å². The van der Waals surface area contributed by atoms with Gasteiger partial charge in [-0.2, -0.15) is 0 Å². The highest BCUT2D eigenvalue weighted by atomic mass is 16.5. The molecule has 1 aliphatic heterocycles. The van der Waals surface area contributed by atoms with Crippen LogP contribution in [0.5, 0.6) is 0 Å². The molecule has 1 unspecified atom stereocenters. The maximum Gasteiger partial charge on any atom is 0.0960 e. The molecule has 1 atom stereocenters. The van der Waals surface area contributed by atoms with E-state index in [0.717, 1.165) is 31.8 Å². The maximum atomic E-state index is 7.80. The number of methoxy groups -OCH3 is 1. The Morgan fingerprint density at radius 3 is 2.92 bits per heavy atom. The first-order valence-corrected chi connectivity index (χ1v) is 5.08. The van der Waals surface area contributed by atoms with Crippen molar-refractivity contribution in [3.8, 4) is 0 Å². The first-order chi connectivity index (χ1) is 6.25. The van der Waals surface area contributed by atoms with Crippen LogP contribution in [0.2, 0.25) is 0 Å². The molecule has 0 aliphatic carbocycles. The highest BCUT2D eigenvalue weighted by Crippen LogP contribution is 2.15. The van der Waals surface area contributed by atoms with Gasteiger partial charge in [-0.15, -0.1) is 0 Å². The van der Waals surface area contributed by atoms with Gasteiger partial charge in [0.15, 0.2) is 0 Å². The van der Waals surface area contributed by atoms with Gasteiger partial charge in [-0.1, -0.05) is 0 Å². The van der Waals surface area contributed by atoms with E-state index in [-0.39, 0.29) is 0 Å². The number of hydrogen-bond acceptors (Lipinski definition) is 2. The molecule has 3 nitrogen and oxygen atoms in total. The third-order valence-electron chi connectivity index (χ3n) is 2.68. The van der Waals surface area contributed by atoms with Crippen LogP contribution in [-0.4, -0.2) is 37.0 Å². The summed E-state index contributed by atoms with van der Waals surface area (Å²) in [6, 6.07) is 0.466. The number of amidine groups is 1. The maximum absolute atomic E-state index is 7.80. The predicted molar refractivity (Wildman–Crippen MR) is 54.2 cm³/mol. The van der Waals surface area contributed by atoms with Crippen LogP contribution in [0.15, 0.2) is 0 Å². The highest BCUT2D eigenvalue weighted by molar-refractivity contribution is 5.80. The summed E-state index contributed by atoms with van der Waals surface area (Å²) in [7, 11) is 1.73. The van der Waals surface area contributed by atoms with Gasteiger partial charge in [0.2, 0.25) is 0 Å². The molecule has 1 fully saturated rings. The molecule has 0 bridgehead atoms. The van der Waals surface area contributed by atoms with Crippen LogP contribution in [0, 0.1) is 5.41 Å². The quantitative estimate of drug-likeness (QED) is 0.724. The summed E-state index contributed by atoms with van der Waals surface area (Å²) >= 11 is 0. The summed E-state index contributed by atoms with van der Waals surface area (Å²) in [6.45, 7) is 4.04. The van der Waals surface area contributed by atoms with Crippen molar-refractivity contribution in [3.05, 3.63) is 0 Å². The van der Waals surface area contributed by atoms with Crippen LogP contribution in [0.25, 0.3) is 0 Å². The van der Waals surface area contributed by atoms with E-state index in [9.17, 15) is 0 Å². The van der Waals surface area contributed by atoms with Crippen molar-refractivity contribution < 1.29 is 4.74 Å². The summed E-state index contributed by atoms with van der Waals surface area (Å²) in [5, 5.41) is 7.80. The molecule has 1 aliphatic rings. The zero-order valence-electron chi connectivity index (χ0n) is 8.68. The van der Waals surface area contributed by atoms with Crippen molar-refractivity contribution in [2.24, 2.45) is 0 Å². The predicted octanol–water partition coefficient (Wildman–Crippen LogP) is 1.87. The summed E-state index contributed by atoms with van der Waals surface area (Å²) in [6.07, 6.45) is 4.40. The molecule has 0 spiro atoms. The van der Waals surface area contributed by atoms with Gasteiger partial charge in [0.1, 0.15) is 0 Å². The lowest BCUT2D eigenvalue weighted by Crippen LogP contribution is -2.41. The van der Waals surface area contributed by atoms with Crippen LogP contribution in [0.1, 0.15) is 32.6 Å². The number of likely N-dealkylation sites (tertiary alicyclic amines) is 1. The van der Waals surface area contributed by atoms with Gasteiger partial charge < -0.3 is 9.64 Å². The molecule has 1 heterocycles. The number of piperidine rings is 1. The second kappa shape index (κ2) is 5.22. The molecule has 1 N–H and O–H groups in total. The second-order valence-corrected chi connectivity index (χ2v) is 3.73. The molecule has 0 aromatic rings. The molecule has 0 aromatic heterocycles. The van der Waals surface area contributed by atoms with Crippen LogP contribution < -0.4 is 0 Å². The summed E-state index contributed by atoms with van der Waals surface area (Å²) in [5.41, 5.74) is 0. The lowest BCUT2D eigenvalue weighted by molar-refractivity contribution is 0.163. The van der Waals surface area contributed by atoms with E-state index in [1.54, 1.807) is 7.11 Å². The van der Waals surface area contributed by atoms with Gasteiger partial charge in [-0.25, -0.2) is 0 Å². The fourth-order valence-electron chi connectivity index (χ4n) is 1.78. The van der Waals surface area contributed by atoms with Crippen molar-refractivity contribution in [3.63, 3.8) is 0 Å². The molecule has 0 saturated carbocycles. The number of nitrogens with one attached hydrogen (secondary N) is 1. The Hall–Kier alpha value is -0.570. The fourth-order valence-corrected chi connectivity index (χ4v) is 1.78. The summed E-state index contributed by atoms with van der Waals surface area (Å²) < 4.78 is 5.04. The van der Waals surface area contributed by atoms with Crippen LogP contribution in [0.3, 0.4) is 0 Å². The van der Waals surface area contributed by atoms with Crippen molar-refractivity contribution in [1.29, 1.82) is 5.41 Å². The smallest absolute Gasteiger partial charge is 0.0960 e. The lowest BCUT2D eigenvalue weighted by atomic mass is 10.1. The standard InChI is InChI=1S/C10H20N2O/c1-9(6-8-13-2)12-7-4-3-5-10(12)11/h9,11H,3-8H2,1-2H3. The molecule has 76 valence electrons. The van der Waals surface area contributed by atoms with E-state index in [4.69, 9.17) is 10.1 Å². The third-order valence-corrected chi connectivity index (χ3v) is 2.68. The van der Waals surface area contributed by atoms with Gasteiger partial charge in [-0.3, -0.25) is 5.41 Å². The number of nitrogens with zero attached hydrogens (tertiary/aromatic N) is 1. The first-order valence-electron chi connectivity index (χ1n) is 5.08. The molecule has 13 heavy (non-hydrogen) atoms. The normalized spacial score (nSPS) is 20.5. The summed E-state index contributed by atoms with van der Waals surface area (Å²) in [5.74, 6) is 0.815. The number of hydrogen-bond donors (Lipinski definition) is 1. The Morgan fingerprint density at radius 2 is 2.31 bits per heavy atom. The first kappa shape index (κ1) is 10.5. The van der Waals surface area contributed by atoms with Crippen molar-refractivity contribution in [2.75, 3.05) is 20.3 Å². The number of rotatable bonds is 4. The monoisotopic (exact) mass is 184 g/mol. The Bertz CT molecular complexity index is 170. The van der Waals surface area contributed by atoms with E-state index in [1.807, 2.05) is 0 Å². The fraction of sp³-hybridized carbons (Fsp3) is 0.900. The molecule has 0 amide bonds. The Morgan fingerprint density at radius 1 is 1.54 bits per heavy atom. The van der Waals surface area contributed by atoms with Crippen LogP contribution >= 0.6 is 0 Å². The Balaban J connectivity index is 2.34. The minimum atomic E-state index is 0.466. The molecular weight excluding hydrogens is 164 g/mol. The Kier molecular flexibility index (Phi) is 4.22. The molecule has 1 saturated heterocycles. The third kappa shape index (κ3) is 2.99. The minimum absolute atomic E-state index is 0.466. The number of ether oxygens (including phenoxy) is 1. The van der Waals surface area contributed by atoms with Gasteiger partial charge in [0.25, 0.3) is 0 Å². The summed E-state index contributed by atoms with van der Waals surface area (Å²) in [4.78, 5) is 2.21. The van der Waals surface area contributed by atoms with Gasteiger partial charge in [0.05, 0.1) is 5.84 Å². The SMILES string of the molecule is COCCC(C)N1CCCCC1=N. The van der Waals surface area contributed by atoms with E-state index >= 15 is 0 Å². The minimum Gasteiger partial charge on any atom is -0.385 e. The van der Waals surface area contributed by atoms with Crippen LogP contribution in [-0.2, 0) is 4.74 Å². The molecule has 0 radical (unpaired) electrons. The van der Waals surface area contributed by atoms with Gasteiger partial charge >= 0.3 is 0 Å². The molecule has 0 aromatic carbocycles. The van der Waals surface area contributed by atoms with Gasteiger partial charge in [-0.05, 0) is 26.2 Å². The van der Waals surface area contributed by atoms with Crippen LogP contribution in [0.4, 0.5) is 0 Å². The zero-order chi connectivity index (χ0) is 9.68. The average molecular weight is 184 g/mol. The van der Waals surface area contributed by atoms with Crippen molar-refractivity contribution >= 4 is 5.84 Å². The largest absolute Gasteiger partial charge is 0.385 e. The topological polar surface area (TPSA) is 36.3 Å².